The smallest absolute Gasteiger partial charge is 0.0743 e. The summed E-state index contributed by atoms with van der Waals surface area (Å²) in [7, 11) is 0. The van der Waals surface area contributed by atoms with Crippen LogP contribution in [-0.4, -0.2) is 13.7 Å². The molecule has 118 valence electrons. The lowest BCUT2D eigenvalue weighted by atomic mass is 10.1. The average molecular weight is 327 g/mol. The molecular weight excluding hydrogens is 312 g/mol. The third-order valence-corrected chi connectivity index (χ3v) is 3.87. The number of aromatic nitrogens is 1. The van der Waals surface area contributed by atoms with Crippen LogP contribution in [0.5, 0.6) is 0 Å². The molecule has 0 bridgehead atoms. The van der Waals surface area contributed by atoms with E-state index in [0.717, 1.165) is 27.8 Å². The van der Waals surface area contributed by atoms with Gasteiger partial charge in [-0.25, -0.2) is 0 Å². The van der Waals surface area contributed by atoms with E-state index in [2.05, 4.69) is 15.0 Å². The van der Waals surface area contributed by atoms with Gasteiger partial charge in [-0.15, -0.1) is 0 Å². The summed E-state index contributed by atoms with van der Waals surface area (Å²) in [4.78, 5) is 4.39. The Morgan fingerprint density at radius 2 is 1.83 bits per heavy atom. The van der Waals surface area contributed by atoms with E-state index in [1.54, 1.807) is 30.5 Å². The van der Waals surface area contributed by atoms with Crippen molar-refractivity contribution in [3.8, 4) is 0 Å². The number of nitrogen functional groups attached to an aromatic ring is 1. The molecule has 0 amide bonds. The number of hydrogen-bond donors (Lipinski definition) is 3. The molecule has 0 aliphatic heterocycles. The summed E-state index contributed by atoms with van der Waals surface area (Å²) in [5.74, 6) is 0. The topological polar surface area (TPSA) is 103 Å². The van der Waals surface area contributed by atoms with Crippen LogP contribution in [-0.2, 0) is 11.3 Å². The molecule has 7 heteroatoms. The van der Waals surface area contributed by atoms with E-state index in [0.29, 0.717) is 11.4 Å². The predicted molar refractivity (Wildman–Crippen MR) is 93.2 cm³/mol. The van der Waals surface area contributed by atoms with Crippen molar-refractivity contribution >= 4 is 44.9 Å². The maximum Gasteiger partial charge on any atom is 0.0743 e. The zero-order valence-corrected chi connectivity index (χ0v) is 13.2. The number of nitrogens with zero attached hydrogens (tertiary/aromatic N) is 1. The van der Waals surface area contributed by atoms with E-state index in [9.17, 15) is 8.76 Å². The normalized spacial score (nSPS) is 12.1. The van der Waals surface area contributed by atoms with Gasteiger partial charge in [0.05, 0.1) is 11.2 Å². The van der Waals surface area contributed by atoms with Gasteiger partial charge in [0.1, 0.15) is 0 Å². The summed E-state index contributed by atoms with van der Waals surface area (Å²) in [6.07, 6.45) is 1.79. The predicted octanol–water partition coefficient (Wildman–Crippen LogP) is 3.08. The summed E-state index contributed by atoms with van der Waals surface area (Å²) in [5, 5.41) is 4.21. The Bertz CT molecular complexity index is 881. The quantitative estimate of drug-likeness (QED) is 0.505. The van der Waals surface area contributed by atoms with E-state index >= 15 is 0 Å². The van der Waals surface area contributed by atoms with Gasteiger partial charge in [0.25, 0.3) is 0 Å². The first-order valence-electron chi connectivity index (χ1n) is 6.91. The summed E-state index contributed by atoms with van der Waals surface area (Å²) in [6.45, 7) is 1.96. The molecule has 2 aromatic carbocycles. The van der Waals surface area contributed by atoms with Crippen LogP contribution >= 0.6 is 0 Å². The molecule has 0 radical (unpaired) electrons. The van der Waals surface area contributed by atoms with E-state index in [1.807, 2.05) is 25.1 Å². The van der Waals surface area contributed by atoms with Gasteiger partial charge in [-0.3, -0.25) is 9.19 Å². The first-order chi connectivity index (χ1) is 11.0. The number of fused-ring (bicyclic) bond motifs is 1. The molecule has 1 atom stereocenters. The van der Waals surface area contributed by atoms with E-state index in [-0.39, 0.29) is 0 Å². The molecule has 0 aliphatic rings. The number of rotatable bonds is 4. The van der Waals surface area contributed by atoms with Gasteiger partial charge in [-0.2, -0.15) is 0 Å². The number of hydrogen-bond acceptors (Lipinski definition) is 5. The SMILES string of the molecule is Cc1cnc2cccc(N)c2c1Nc1ccc(NS(=O)[O-])cc1. The molecule has 1 heterocycles. The zero-order chi connectivity index (χ0) is 16.4. The molecule has 23 heavy (non-hydrogen) atoms. The largest absolute Gasteiger partial charge is 0.755 e. The highest BCUT2D eigenvalue weighted by Gasteiger charge is 2.09. The monoisotopic (exact) mass is 327 g/mol. The van der Waals surface area contributed by atoms with Crippen LogP contribution < -0.4 is 15.8 Å². The molecule has 1 unspecified atom stereocenters. The maximum atomic E-state index is 10.6. The number of nitrogens with two attached hydrogens (primary N) is 1. The molecule has 1 aromatic heterocycles. The summed E-state index contributed by atoms with van der Waals surface area (Å²) < 4.78 is 23.6. The highest BCUT2D eigenvalue weighted by atomic mass is 32.2. The van der Waals surface area contributed by atoms with Gasteiger partial charge in [0.2, 0.25) is 0 Å². The van der Waals surface area contributed by atoms with Crippen LogP contribution in [0, 0.1) is 6.92 Å². The third kappa shape index (κ3) is 3.25. The van der Waals surface area contributed by atoms with Gasteiger partial charge in [-0.05, 0) is 48.9 Å². The molecule has 4 N–H and O–H groups in total. The van der Waals surface area contributed by atoms with Crippen LogP contribution in [0.4, 0.5) is 22.7 Å². The third-order valence-electron chi connectivity index (χ3n) is 3.47. The first-order valence-corrected chi connectivity index (χ1v) is 7.99. The van der Waals surface area contributed by atoms with Gasteiger partial charge in [-0.1, -0.05) is 6.07 Å². The van der Waals surface area contributed by atoms with Gasteiger partial charge >= 0.3 is 0 Å². The van der Waals surface area contributed by atoms with Crippen molar-refractivity contribution in [1.29, 1.82) is 0 Å². The second-order valence-electron chi connectivity index (χ2n) is 5.10. The number of benzene rings is 2. The van der Waals surface area contributed by atoms with Crippen molar-refractivity contribution in [2.45, 2.75) is 6.92 Å². The molecule has 0 saturated heterocycles. The number of anilines is 4. The lowest BCUT2D eigenvalue weighted by Crippen LogP contribution is -2.02. The molecule has 0 spiro atoms. The fraction of sp³-hybridized carbons (Fsp3) is 0.0625. The van der Waals surface area contributed by atoms with Crippen molar-refractivity contribution in [3.63, 3.8) is 0 Å². The highest BCUT2D eigenvalue weighted by molar-refractivity contribution is 7.80. The van der Waals surface area contributed by atoms with Gasteiger partial charge < -0.3 is 20.3 Å². The van der Waals surface area contributed by atoms with Crippen molar-refractivity contribution < 1.29 is 8.76 Å². The van der Waals surface area contributed by atoms with Crippen molar-refractivity contribution in [3.05, 3.63) is 54.2 Å². The Hall–Kier alpha value is -2.64. The highest BCUT2D eigenvalue weighted by Crippen LogP contribution is 2.32. The Labute approximate surface area is 136 Å². The van der Waals surface area contributed by atoms with Gasteiger partial charge in [0.15, 0.2) is 0 Å². The van der Waals surface area contributed by atoms with E-state index < -0.39 is 11.3 Å². The number of nitrogens with one attached hydrogen (secondary N) is 2. The molecule has 6 nitrogen and oxygen atoms in total. The van der Waals surface area contributed by atoms with Gasteiger partial charge in [0, 0.05) is 39.9 Å². The Morgan fingerprint density at radius 3 is 2.52 bits per heavy atom. The standard InChI is InChI=1S/C16H16N4O2S/c1-10-9-18-14-4-2-3-13(17)15(14)16(10)19-11-5-7-12(8-6-11)20-23(21)22/h2-9,20H,17H2,1H3,(H,18,19)(H,21,22)/p-1. The molecular formula is C16H15N4O2S-. The minimum atomic E-state index is -2.33. The molecule has 0 fully saturated rings. The molecule has 3 aromatic rings. The second kappa shape index (κ2) is 6.23. The minimum Gasteiger partial charge on any atom is -0.755 e. The minimum absolute atomic E-state index is 0.500. The van der Waals surface area contributed by atoms with Crippen LogP contribution in [0.25, 0.3) is 10.9 Å². The lowest BCUT2D eigenvalue weighted by Gasteiger charge is -2.15. The summed E-state index contributed by atoms with van der Waals surface area (Å²) in [5.41, 5.74) is 10.8. The van der Waals surface area contributed by atoms with Crippen LogP contribution in [0.3, 0.4) is 0 Å². The summed E-state index contributed by atoms with van der Waals surface area (Å²) in [6, 6.07) is 12.6. The molecule has 3 rings (SSSR count). The summed E-state index contributed by atoms with van der Waals surface area (Å²) >= 11 is -2.33. The fourth-order valence-electron chi connectivity index (χ4n) is 2.39. The number of pyridine rings is 1. The molecule has 0 aliphatic carbocycles. The Balaban J connectivity index is 1.98. The first kappa shape index (κ1) is 15.3. The lowest BCUT2D eigenvalue weighted by molar-refractivity contribution is 0.542. The van der Waals surface area contributed by atoms with Crippen LogP contribution in [0.15, 0.2) is 48.7 Å². The van der Waals surface area contributed by atoms with Crippen LogP contribution in [0.1, 0.15) is 5.56 Å². The molecule has 0 saturated carbocycles. The van der Waals surface area contributed by atoms with Crippen LogP contribution in [0.2, 0.25) is 0 Å². The van der Waals surface area contributed by atoms with E-state index in [4.69, 9.17) is 5.73 Å². The Kier molecular flexibility index (Phi) is 4.14. The number of aryl methyl sites for hydroxylation is 1. The van der Waals surface area contributed by atoms with Crippen molar-refractivity contribution in [2.24, 2.45) is 0 Å². The second-order valence-corrected chi connectivity index (χ2v) is 5.77. The average Bonchev–Trinajstić information content (AvgIpc) is 2.51. The Morgan fingerprint density at radius 1 is 1.13 bits per heavy atom. The zero-order valence-electron chi connectivity index (χ0n) is 12.4. The van der Waals surface area contributed by atoms with Crippen molar-refractivity contribution in [2.75, 3.05) is 15.8 Å². The van der Waals surface area contributed by atoms with E-state index in [1.165, 1.54) is 0 Å². The van der Waals surface area contributed by atoms with Crippen molar-refractivity contribution in [1.82, 2.24) is 4.98 Å². The maximum absolute atomic E-state index is 10.6. The fourth-order valence-corrected chi connectivity index (χ4v) is 2.72.